The molecule has 0 atom stereocenters. The summed E-state index contributed by atoms with van der Waals surface area (Å²) in [6.07, 6.45) is 7.28. The van der Waals surface area contributed by atoms with Crippen molar-refractivity contribution >= 4 is 29.4 Å². The molecule has 0 aliphatic rings. The van der Waals surface area contributed by atoms with E-state index in [1.807, 2.05) is 0 Å². The van der Waals surface area contributed by atoms with Crippen molar-refractivity contribution in [2.24, 2.45) is 5.73 Å². The normalized spacial score (nSPS) is 10.7. The summed E-state index contributed by atoms with van der Waals surface area (Å²) in [5, 5.41) is 33.5. The quantitative estimate of drug-likeness (QED) is 0.0669. The van der Waals surface area contributed by atoms with Crippen LogP contribution in [0.25, 0.3) is 0 Å². The maximum Gasteiger partial charge on any atom is 0.246 e. The summed E-state index contributed by atoms with van der Waals surface area (Å²) in [4.78, 5) is 58.5. The lowest BCUT2D eigenvalue weighted by Crippen LogP contribution is -2.31. The SMILES string of the molecule is CC(=O)N(O)CCCCCNC(=O)CCC(=O)N(O)CCCCCCC(=O)CCC(=O)N(O)CCCCCN. The molecule has 0 aliphatic carbocycles. The summed E-state index contributed by atoms with van der Waals surface area (Å²) < 4.78 is 0. The van der Waals surface area contributed by atoms with E-state index < -0.39 is 17.7 Å². The Hall–Kier alpha value is -2.61. The number of amides is 4. The van der Waals surface area contributed by atoms with Crippen LogP contribution in [-0.2, 0) is 24.0 Å². The molecule has 13 nitrogen and oxygen atoms in total. The summed E-state index contributed by atoms with van der Waals surface area (Å²) in [6.45, 7) is 2.89. The maximum atomic E-state index is 12.0. The van der Waals surface area contributed by atoms with E-state index in [1.54, 1.807) is 0 Å². The van der Waals surface area contributed by atoms with Gasteiger partial charge in [0, 0.05) is 65.2 Å². The Morgan fingerprint density at radius 2 is 1.08 bits per heavy atom. The zero-order valence-electron chi connectivity index (χ0n) is 23.4. The zero-order valence-corrected chi connectivity index (χ0v) is 23.4. The number of rotatable bonds is 24. The van der Waals surface area contributed by atoms with Gasteiger partial charge in [-0.3, -0.25) is 39.6 Å². The lowest BCUT2D eigenvalue weighted by molar-refractivity contribution is -0.166. The molecular formula is C26H49N5O8. The summed E-state index contributed by atoms with van der Waals surface area (Å²) in [7, 11) is 0. The number of hydrogen-bond donors (Lipinski definition) is 5. The highest BCUT2D eigenvalue weighted by Gasteiger charge is 2.14. The Bertz CT molecular complexity index is 737. The number of ketones is 1. The first-order chi connectivity index (χ1) is 18.6. The van der Waals surface area contributed by atoms with Crippen molar-refractivity contribution in [1.29, 1.82) is 0 Å². The molecule has 0 rings (SSSR count). The van der Waals surface area contributed by atoms with E-state index in [-0.39, 0.29) is 57.0 Å². The van der Waals surface area contributed by atoms with Gasteiger partial charge in [-0.1, -0.05) is 19.3 Å². The van der Waals surface area contributed by atoms with Crippen LogP contribution in [0.4, 0.5) is 0 Å². The van der Waals surface area contributed by atoms with E-state index in [2.05, 4.69) is 5.32 Å². The second kappa shape index (κ2) is 23.3. The Morgan fingerprint density at radius 1 is 0.590 bits per heavy atom. The monoisotopic (exact) mass is 559 g/mol. The van der Waals surface area contributed by atoms with E-state index in [9.17, 15) is 39.6 Å². The van der Waals surface area contributed by atoms with Gasteiger partial charge < -0.3 is 11.1 Å². The smallest absolute Gasteiger partial charge is 0.246 e. The number of Topliss-reactive ketones (excluding diaryl/α,β-unsaturated/α-hetero) is 1. The van der Waals surface area contributed by atoms with Gasteiger partial charge in [0.1, 0.15) is 5.78 Å². The lowest BCUT2D eigenvalue weighted by Gasteiger charge is -2.15. The molecule has 39 heavy (non-hydrogen) atoms. The second-order valence-corrected chi connectivity index (χ2v) is 9.64. The van der Waals surface area contributed by atoms with Crippen LogP contribution in [-0.4, -0.2) is 92.9 Å². The number of nitrogens with one attached hydrogen (secondary N) is 1. The molecule has 226 valence electrons. The van der Waals surface area contributed by atoms with Crippen molar-refractivity contribution in [2.75, 3.05) is 32.7 Å². The highest BCUT2D eigenvalue weighted by molar-refractivity contribution is 5.84. The number of nitrogens with zero attached hydrogens (tertiary/aromatic N) is 3. The molecule has 0 radical (unpaired) electrons. The molecular weight excluding hydrogens is 510 g/mol. The van der Waals surface area contributed by atoms with Crippen molar-refractivity contribution in [3.63, 3.8) is 0 Å². The fourth-order valence-electron chi connectivity index (χ4n) is 3.66. The van der Waals surface area contributed by atoms with Crippen molar-refractivity contribution in [3.8, 4) is 0 Å². The van der Waals surface area contributed by atoms with E-state index >= 15 is 0 Å². The van der Waals surface area contributed by atoms with Gasteiger partial charge in [0.2, 0.25) is 23.6 Å². The van der Waals surface area contributed by atoms with Gasteiger partial charge >= 0.3 is 0 Å². The van der Waals surface area contributed by atoms with Crippen LogP contribution in [0, 0.1) is 0 Å². The van der Waals surface area contributed by atoms with Crippen molar-refractivity contribution < 1.29 is 39.6 Å². The fraction of sp³-hybridized carbons (Fsp3) is 0.808. The van der Waals surface area contributed by atoms with E-state index in [0.717, 1.165) is 25.7 Å². The van der Waals surface area contributed by atoms with Crippen LogP contribution < -0.4 is 11.1 Å². The zero-order chi connectivity index (χ0) is 29.5. The lowest BCUT2D eigenvalue weighted by atomic mass is 10.1. The maximum absolute atomic E-state index is 12.0. The predicted molar refractivity (Wildman–Crippen MR) is 142 cm³/mol. The van der Waals surface area contributed by atoms with Gasteiger partial charge in [-0.15, -0.1) is 0 Å². The minimum Gasteiger partial charge on any atom is -0.356 e. The van der Waals surface area contributed by atoms with Crippen LogP contribution in [0.15, 0.2) is 0 Å². The molecule has 0 heterocycles. The molecule has 0 saturated carbocycles. The Balaban J connectivity index is 3.75. The van der Waals surface area contributed by atoms with E-state index in [4.69, 9.17) is 5.73 Å². The van der Waals surface area contributed by atoms with Crippen molar-refractivity contribution in [1.82, 2.24) is 20.5 Å². The standard InChI is InChI=1S/C26H49N5O8/c1-22(32)29(37)19-11-5-8-18-28-24(34)14-16-26(36)31(39)20-9-3-2-6-12-23(33)13-15-25(35)30(38)21-10-4-7-17-27/h37-39H,2-21,27H2,1H3,(H,28,34). The number of hydrogen-bond acceptors (Lipinski definition) is 9. The third-order valence-corrected chi connectivity index (χ3v) is 6.14. The van der Waals surface area contributed by atoms with Crippen LogP contribution >= 0.6 is 0 Å². The summed E-state index contributed by atoms with van der Waals surface area (Å²) in [6, 6.07) is 0. The number of hydroxylamine groups is 6. The number of nitrogens with two attached hydrogens (primary N) is 1. The molecule has 0 spiro atoms. The molecule has 13 heteroatoms. The van der Waals surface area contributed by atoms with Crippen molar-refractivity contribution in [2.45, 2.75) is 103 Å². The summed E-state index contributed by atoms with van der Waals surface area (Å²) in [5.74, 6) is -1.74. The third-order valence-electron chi connectivity index (χ3n) is 6.14. The average molecular weight is 560 g/mol. The average Bonchev–Trinajstić information content (AvgIpc) is 2.91. The van der Waals surface area contributed by atoms with Crippen molar-refractivity contribution in [3.05, 3.63) is 0 Å². The second-order valence-electron chi connectivity index (χ2n) is 9.64. The van der Waals surface area contributed by atoms with Gasteiger partial charge in [0.25, 0.3) is 0 Å². The molecule has 0 aliphatic heterocycles. The molecule has 4 amide bonds. The minimum absolute atomic E-state index is 0.0163. The number of unbranched alkanes of at least 4 members (excludes halogenated alkanes) is 7. The van der Waals surface area contributed by atoms with Gasteiger partial charge in [-0.2, -0.15) is 0 Å². The third kappa shape index (κ3) is 21.0. The molecule has 0 saturated heterocycles. The number of carbonyl (C=O) groups excluding carboxylic acids is 5. The number of carbonyl (C=O) groups is 5. The van der Waals surface area contributed by atoms with E-state index in [0.29, 0.717) is 73.2 Å². The van der Waals surface area contributed by atoms with Crippen LogP contribution in [0.1, 0.15) is 103 Å². The highest BCUT2D eigenvalue weighted by Crippen LogP contribution is 2.09. The van der Waals surface area contributed by atoms with Crippen LogP contribution in [0.2, 0.25) is 0 Å². The minimum atomic E-state index is -0.533. The van der Waals surface area contributed by atoms with Gasteiger partial charge in [-0.25, -0.2) is 15.2 Å². The molecule has 0 fully saturated rings. The molecule has 0 bridgehead atoms. The largest absolute Gasteiger partial charge is 0.356 e. The van der Waals surface area contributed by atoms with Gasteiger partial charge in [0.05, 0.1) is 0 Å². The van der Waals surface area contributed by atoms with Gasteiger partial charge in [0.15, 0.2) is 0 Å². The van der Waals surface area contributed by atoms with Crippen LogP contribution in [0.5, 0.6) is 0 Å². The first kappa shape index (κ1) is 36.4. The summed E-state index contributed by atoms with van der Waals surface area (Å²) in [5.41, 5.74) is 5.40. The first-order valence-electron chi connectivity index (χ1n) is 14.0. The van der Waals surface area contributed by atoms with Gasteiger partial charge in [-0.05, 0) is 51.5 Å². The Morgan fingerprint density at radius 3 is 1.64 bits per heavy atom. The summed E-state index contributed by atoms with van der Waals surface area (Å²) >= 11 is 0. The van der Waals surface area contributed by atoms with E-state index in [1.165, 1.54) is 6.92 Å². The molecule has 0 unspecified atom stereocenters. The Kier molecular flexibility index (Phi) is 21.7. The predicted octanol–water partition coefficient (Wildman–Crippen LogP) is 2.16. The molecule has 0 aromatic rings. The molecule has 6 N–H and O–H groups in total. The first-order valence-corrected chi connectivity index (χ1v) is 14.0. The van der Waals surface area contributed by atoms with Crippen LogP contribution in [0.3, 0.4) is 0 Å². The fourth-order valence-corrected chi connectivity index (χ4v) is 3.66. The Labute approximate surface area is 231 Å². The highest BCUT2D eigenvalue weighted by atomic mass is 16.5. The molecule has 0 aromatic carbocycles. The topological polar surface area (TPSA) is 194 Å². The molecule has 0 aromatic heterocycles.